The third kappa shape index (κ3) is 3.63. The summed E-state index contributed by atoms with van der Waals surface area (Å²) in [5, 5.41) is 5.23. The number of fused-ring (bicyclic) bond motifs is 1. The Kier molecular flexibility index (Phi) is 5.10. The van der Waals surface area contributed by atoms with E-state index in [0.717, 1.165) is 24.2 Å². The highest BCUT2D eigenvalue weighted by Crippen LogP contribution is 2.30. The molecule has 0 fully saturated rings. The lowest BCUT2D eigenvalue weighted by Gasteiger charge is -2.07. The van der Waals surface area contributed by atoms with Crippen LogP contribution in [0.4, 0.5) is 5.13 Å². The predicted octanol–water partition coefficient (Wildman–Crippen LogP) is 4.19. The molecule has 0 radical (unpaired) electrons. The van der Waals surface area contributed by atoms with E-state index in [2.05, 4.69) is 41.7 Å². The van der Waals surface area contributed by atoms with E-state index in [9.17, 15) is 9.59 Å². The Labute approximate surface area is 171 Å². The summed E-state index contributed by atoms with van der Waals surface area (Å²) in [6, 6.07) is 9.16. The second-order valence-electron chi connectivity index (χ2n) is 6.94. The largest absolute Gasteiger partial charge is 0.420 e. The minimum atomic E-state index is -0.551. The summed E-state index contributed by atoms with van der Waals surface area (Å²) in [7, 11) is 0. The van der Waals surface area contributed by atoms with Crippen LogP contribution in [0.5, 0.6) is 0 Å². The minimum absolute atomic E-state index is 0.129. The zero-order valence-corrected chi connectivity index (χ0v) is 17.4. The zero-order chi connectivity index (χ0) is 20.5. The van der Waals surface area contributed by atoms with Crippen molar-refractivity contribution in [2.24, 2.45) is 0 Å². The average Bonchev–Trinajstić information content (AvgIpc) is 3.35. The van der Waals surface area contributed by atoms with Crippen molar-refractivity contribution in [2.75, 3.05) is 5.32 Å². The molecule has 0 bridgehead atoms. The summed E-state index contributed by atoms with van der Waals surface area (Å²) in [4.78, 5) is 29.1. The first-order valence-electron chi connectivity index (χ1n) is 9.48. The van der Waals surface area contributed by atoms with Gasteiger partial charge in [-0.1, -0.05) is 19.1 Å². The number of carbonyl (C=O) groups excluding carboxylic acids is 1. The number of nitrogens with one attached hydrogen (secondary N) is 1. The summed E-state index contributed by atoms with van der Waals surface area (Å²) in [6.07, 6.45) is 1.07. The van der Waals surface area contributed by atoms with E-state index in [1.807, 2.05) is 5.38 Å². The number of aromatic nitrogens is 3. The lowest BCUT2D eigenvalue weighted by atomic mass is 10.2. The van der Waals surface area contributed by atoms with Crippen LogP contribution in [0.3, 0.4) is 0 Å². The molecule has 0 unspecified atom stereocenters. The molecule has 29 heavy (non-hydrogen) atoms. The van der Waals surface area contributed by atoms with Crippen LogP contribution in [0, 0.1) is 13.8 Å². The molecule has 0 aliphatic heterocycles. The Hall–Kier alpha value is -3.13. The molecule has 7 nitrogen and oxygen atoms in total. The van der Waals surface area contributed by atoms with Crippen molar-refractivity contribution in [2.45, 2.75) is 40.3 Å². The number of nitrogens with zero attached hydrogens (tertiary/aromatic N) is 3. The van der Waals surface area contributed by atoms with Gasteiger partial charge in [0.05, 0.1) is 11.2 Å². The van der Waals surface area contributed by atoms with E-state index in [-0.39, 0.29) is 12.5 Å². The van der Waals surface area contributed by atoms with Gasteiger partial charge in [-0.15, -0.1) is 11.3 Å². The molecule has 0 atom stereocenters. The molecule has 4 aromatic rings. The molecule has 0 saturated carbocycles. The van der Waals surface area contributed by atoms with E-state index in [1.165, 1.54) is 27.3 Å². The molecule has 3 heterocycles. The van der Waals surface area contributed by atoms with Crippen molar-refractivity contribution in [3.8, 4) is 11.3 Å². The van der Waals surface area contributed by atoms with Crippen LogP contribution in [-0.2, 0) is 17.9 Å². The van der Waals surface area contributed by atoms with Gasteiger partial charge in [-0.05, 0) is 38.5 Å². The molecule has 0 aliphatic carbocycles. The predicted molar refractivity (Wildman–Crippen MR) is 114 cm³/mol. The number of hydrogen-bond acceptors (Lipinski definition) is 5. The van der Waals surface area contributed by atoms with Gasteiger partial charge < -0.3 is 14.3 Å². The van der Waals surface area contributed by atoms with Gasteiger partial charge in [-0.3, -0.25) is 9.36 Å². The molecule has 0 aliphatic rings. The van der Waals surface area contributed by atoms with Crippen molar-refractivity contribution in [3.05, 3.63) is 57.7 Å². The number of rotatable bonds is 6. The van der Waals surface area contributed by atoms with Gasteiger partial charge in [-0.25, -0.2) is 9.78 Å². The summed E-state index contributed by atoms with van der Waals surface area (Å²) in [6.45, 7) is 7.18. The molecule has 1 aromatic carbocycles. The fourth-order valence-corrected chi connectivity index (χ4v) is 4.28. The van der Waals surface area contributed by atoms with Gasteiger partial charge in [-0.2, -0.15) is 0 Å². The van der Waals surface area contributed by atoms with E-state index in [1.54, 1.807) is 24.3 Å². The van der Waals surface area contributed by atoms with Gasteiger partial charge in [0.15, 0.2) is 10.7 Å². The number of hydrogen-bond donors (Lipinski definition) is 1. The Bertz CT molecular complexity index is 1240. The zero-order valence-electron chi connectivity index (χ0n) is 16.6. The van der Waals surface area contributed by atoms with Gasteiger partial charge in [0, 0.05) is 28.9 Å². The quantitative estimate of drug-likeness (QED) is 0.517. The molecule has 0 spiro atoms. The Balaban J connectivity index is 1.52. The summed E-state index contributed by atoms with van der Waals surface area (Å²) in [5.74, 6) is -0.874. The number of para-hydroxylation sites is 2. The van der Waals surface area contributed by atoms with Crippen LogP contribution in [-0.4, -0.2) is 20.0 Å². The maximum atomic E-state index is 12.5. The molecular formula is C21H22N4O3S. The smallest absolute Gasteiger partial charge is 0.408 e. The van der Waals surface area contributed by atoms with Crippen molar-refractivity contribution in [1.82, 2.24) is 14.1 Å². The van der Waals surface area contributed by atoms with Gasteiger partial charge in [0.25, 0.3) is 0 Å². The highest BCUT2D eigenvalue weighted by molar-refractivity contribution is 7.14. The topological polar surface area (TPSA) is 82.1 Å². The van der Waals surface area contributed by atoms with E-state index in [0.29, 0.717) is 16.2 Å². The third-order valence-corrected chi connectivity index (χ3v) is 5.68. The van der Waals surface area contributed by atoms with Crippen molar-refractivity contribution in [3.63, 3.8) is 0 Å². The number of aryl methyl sites for hydroxylation is 1. The number of oxazole rings is 1. The lowest BCUT2D eigenvalue weighted by molar-refractivity contribution is -0.116. The number of amides is 1. The maximum Gasteiger partial charge on any atom is 0.420 e. The Morgan fingerprint density at radius 3 is 2.83 bits per heavy atom. The summed E-state index contributed by atoms with van der Waals surface area (Å²) in [5.41, 5.74) is 5.34. The monoisotopic (exact) mass is 410 g/mol. The number of anilines is 1. The lowest BCUT2D eigenvalue weighted by Crippen LogP contribution is -2.24. The average molecular weight is 410 g/mol. The second-order valence-corrected chi connectivity index (χ2v) is 7.80. The van der Waals surface area contributed by atoms with Gasteiger partial charge >= 0.3 is 5.76 Å². The molecule has 4 rings (SSSR count). The molecular weight excluding hydrogens is 388 g/mol. The van der Waals surface area contributed by atoms with E-state index < -0.39 is 5.76 Å². The fourth-order valence-electron chi connectivity index (χ4n) is 3.55. The highest BCUT2D eigenvalue weighted by Gasteiger charge is 2.16. The number of carbonyl (C=O) groups is 1. The van der Waals surface area contributed by atoms with Crippen molar-refractivity contribution >= 4 is 33.5 Å². The van der Waals surface area contributed by atoms with E-state index in [4.69, 9.17) is 4.42 Å². The molecule has 1 amide bonds. The van der Waals surface area contributed by atoms with Gasteiger partial charge in [0.1, 0.15) is 6.54 Å². The number of thiazole rings is 1. The minimum Gasteiger partial charge on any atom is -0.408 e. The fraction of sp³-hybridized carbons (Fsp3) is 0.286. The van der Waals surface area contributed by atoms with Crippen LogP contribution >= 0.6 is 11.3 Å². The molecule has 1 N–H and O–H groups in total. The first-order chi connectivity index (χ1) is 14.0. The maximum absolute atomic E-state index is 12.5. The van der Waals surface area contributed by atoms with Crippen LogP contribution in [0.25, 0.3) is 22.4 Å². The molecule has 8 heteroatoms. The van der Waals surface area contributed by atoms with Crippen molar-refractivity contribution in [1.29, 1.82) is 0 Å². The SMILES string of the molecule is CCCn1c(C)cc(-c2csc(NC(=O)Cn3c(=O)oc4ccccc43)n2)c1C. The standard InChI is InChI=1S/C21H22N4O3S/c1-4-9-24-13(2)10-15(14(24)3)16-12-29-20(22-16)23-19(26)11-25-17-7-5-6-8-18(17)28-21(25)27/h5-8,10,12H,4,9,11H2,1-3H3,(H,22,23,26). The van der Waals surface area contributed by atoms with Crippen LogP contribution < -0.4 is 11.1 Å². The van der Waals surface area contributed by atoms with Crippen LogP contribution in [0.1, 0.15) is 24.7 Å². The second kappa shape index (κ2) is 7.71. The van der Waals surface area contributed by atoms with Crippen molar-refractivity contribution < 1.29 is 9.21 Å². The van der Waals surface area contributed by atoms with Crippen LogP contribution in [0.15, 0.2) is 44.9 Å². The van der Waals surface area contributed by atoms with E-state index >= 15 is 0 Å². The normalized spacial score (nSPS) is 11.3. The molecule has 3 aromatic heterocycles. The van der Waals surface area contributed by atoms with Gasteiger partial charge in [0.2, 0.25) is 5.91 Å². The first kappa shape index (κ1) is 19.2. The Morgan fingerprint density at radius 2 is 2.03 bits per heavy atom. The number of benzene rings is 1. The Morgan fingerprint density at radius 1 is 1.24 bits per heavy atom. The summed E-state index contributed by atoms with van der Waals surface area (Å²) < 4.78 is 8.77. The molecule has 150 valence electrons. The highest BCUT2D eigenvalue weighted by atomic mass is 32.1. The molecule has 0 saturated heterocycles. The summed E-state index contributed by atoms with van der Waals surface area (Å²) >= 11 is 1.37. The van der Waals surface area contributed by atoms with Crippen LogP contribution in [0.2, 0.25) is 0 Å². The third-order valence-electron chi connectivity index (χ3n) is 4.92. The first-order valence-corrected chi connectivity index (χ1v) is 10.4.